The average molecular weight is 248 g/mol. The average Bonchev–Trinajstić information content (AvgIpc) is 2.73. The van der Waals surface area contributed by atoms with Crippen LogP contribution in [0.15, 0.2) is 18.2 Å². The van der Waals surface area contributed by atoms with Crippen LogP contribution in [-0.4, -0.2) is 25.2 Å². The maximum atomic E-state index is 5.71. The summed E-state index contributed by atoms with van der Waals surface area (Å²) in [6.45, 7) is 9.43. The number of ether oxygens (including phenoxy) is 1. The van der Waals surface area contributed by atoms with Crippen molar-refractivity contribution in [1.29, 1.82) is 0 Å². The molecule has 2 unspecified atom stereocenters. The Bertz CT molecular complexity index is 392. The van der Waals surface area contributed by atoms with Crippen LogP contribution in [0.1, 0.15) is 31.9 Å². The molecule has 18 heavy (non-hydrogen) atoms. The van der Waals surface area contributed by atoms with Crippen molar-refractivity contribution in [2.45, 2.75) is 45.9 Å². The summed E-state index contributed by atoms with van der Waals surface area (Å²) in [5.74, 6) is 1.06. The lowest BCUT2D eigenvalue weighted by atomic mass is 10.1. The van der Waals surface area contributed by atoms with E-state index >= 15 is 0 Å². The lowest BCUT2D eigenvalue weighted by molar-refractivity contribution is 0.254. The fourth-order valence-electron chi connectivity index (χ4n) is 2.31. The van der Waals surface area contributed by atoms with Gasteiger partial charge in [0.15, 0.2) is 0 Å². The van der Waals surface area contributed by atoms with E-state index in [0.29, 0.717) is 12.1 Å². The highest BCUT2D eigenvalue weighted by Gasteiger charge is 2.18. The summed E-state index contributed by atoms with van der Waals surface area (Å²) >= 11 is 0. The van der Waals surface area contributed by atoms with Gasteiger partial charge in [0, 0.05) is 25.6 Å². The third-order valence-corrected chi connectivity index (χ3v) is 3.32. The Morgan fingerprint density at radius 3 is 3.06 bits per heavy atom. The zero-order chi connectivity index (χ0) is 13.0. The molecule has 100 valence electrons. The first-order valence-corrected chi connectivity index (χ1v) is 6.91. The molecule has 1 aromatic rings. The van der Waals surface area contributed by atoms with E-state index < -0.39 is 0 Å². The van der Waals surface area contributed by atoms with Crippen molar-refractivity contribution in [3.8, 4) is 5.75 Å². The van der Waals surface area contributed by atoms with Crippen LogP contribution in [-0.2, 0) is 13.0 Å². The van der Waals surface area contributed by atoms with Gasteiger partial charge in [-0.1, -0.05) is 19.1 Å². The number of hydrogen-bond acceptors (Lipinski definition) is 3. The molecule has 0 aliphatic carbocycles. The molecule has 1 heterocycles. The van der Waals surface area contributed by atoms with E-state index in [-0.39, 0.29) is 0 Å². The number of likely N-dealkylation sites (N-methyl/N-ethyl adjacent to an activating group) is 1. The molecule has 0 radical (unpaired) electrons. The van der Waals surface area contributed by atoms with Gasteiger partial charge in [-0.3, -0.25) is 0 Å². The van der Waals surface area contributed by atoms with E-state index in [0.717, 1.165) is 31.8 Å². The number of rotatable bonds is 6. The normalized spacial score (nSPS) is 19.4. The molecule has 0 fully saturated rings. The van der Waals surface area contributed by atoms with Crippen molar-refractivity contribution < 1.29 is 4.74 Å². The molecule has 0 bridgehead atoms. The highest BCUT2D eigenvalue weighted by Crippen LogP contribution is 2.29. The van der Waals surface area contributed by atoms with Gasteiger partial charge in [0.25, 0.3) is 0 Å². The minimum atomic E-state index is 0.330. The van der Waals surface area contributed by atoms with Gasteiger partial charge < -0.3 is 15.4 Å². The van der Waals surface area contributed by atoms with E-state index in [1.807, 2.05) is 0 Å². The number of benzene rings is 1. The van der Waals surface area contributed by atoms with Gasteiger partial charge in [-0.15, -0.1) is 0 Å². The maximum Gasteiger partial charge on any atom is 0.123 e. The van der Waals surface area contributed by atoms with Gasteiger partial charge in [-0.25, -0.2) is 0 Å². The molecule has 1 aliphatic heterocycles. The summed E-state index contributed by atoms with van der Waals surface area (Å²) in [6.07, 6.45) is 1.37. The predicted octanol–water partition coefficient (Wildman–Crippen LogP) is 2.10. The van der Waals surface area contributed by atoms with Crippen molar-refractivity contribution >= 4 is 0 Å². The lowest BCUT2D eigenvalue weighted by Crippen LogP contribution is -2.35. The largest absolute Gasteiger partial charge is 0.490 e. The molecule has 0 saturated heterocycles. The summed E-state index contributed by atoms with van der Waals surface area (Å²) in [4.78, 5) is 0. The minimum absolute atomic E-state index is 0.330. The minimum Gasteiger partial charge on any atom is -0.490 e. The van der Waals surface area contributed by atoms with Crippen molar-refractivity contribution in [3.63, 3.8) is 0 Å². The van der Waals surface area contributed by atoms with Crippen LogP contribution in [0.4, 0.5) is 0 Å². The molecule has 0 spiro atoms. The topological polar surface area (TPSA) is 33.3 Å². The van der Waals surface area contributed by atoms with Gasteiger partial charge in [0.1, 0.15) is 11.9 Å². The fourth-order valence-corrected chi connectivity index (χ4v) is 2.31. The second-order valence-corrected chi connectivity index (χ2v) is 5.16. The zero-order valence-electron chi connectivity index (χ0n) is 11.6. The fraction of sp³-hybridized carbons (Fsp3) is 0.600. The second kappa shape index (κ2) is 6.21. The molecule has 1 aromatic carbocycles. The van der Waals surface area contributed by atoms with E-state index in [1.165, 1.54) is 11.1 Å². The van der Waals surface area contributed by atoms with Crippen LogP contribution in [0.25, 0.3) is 0 Å². The molecule has 2 rings (SSSR count). The molecule has 0 aromatic heterocycles. The Morgan fingerprint density at radius 2 is 2.28 bits per heavy atom. The van der Waals surface area contributed by atoms with Crippen molar-refractivity contribution in [2.75, 3.05) is 13.1 Å². The summed E-state index contributed by atoms with van der Waals surface area (Å²) in [5, 5.41) is 6.88. The monoisotopic (exact) mass is 248 g/mol. The molecule has 3 heteroatoms. The maximum absolute atomic E-state index is 5.71. The van der Waals surface area contributed by atoms with Crippen molar-refractivity contribution in [2.24, 2.45) is 0 Å². The quantitative estimate of drug-likeness (QED) is 0.809. The first-order valence-electron chi connectivity index (χ1n) is 6.91. The SMILES string of the molecule is CCNCC(C)NCc1ccc2c(c1)CC(C)O2. The van der Waals surface area contributed by atoms with E-state index in [1.54, 1.807) is 0 Å². The Labute approximate surface area is 110 Å². The second-order valence-electron chi connectivity index (χ2n) is 5.16. The first-order chi connectivity index (χ1) is 8.69. The number of hydrogen-bond donors (Lipinski definition) is 2. The number of nitrogens with one attached hydrogen (secondary N) is 2. The Kier molecular flexibility index (Phi) is 4.61. The summed E-state index contributed by atoms with van der Waals surface area (Å²) in [6, 6.07) is 7.02. The van der Waals surface area contributed by atoms with Crippen molar-refractivity contribution in [3.05, 3.63) is 29.3 Å². The lowest BCUT2D eigenvalue weighted by Gasteiger charge is -2.14. The van der Waals surface area contributed by atoms with E-state index in [4.69, 9.17) is 4.74 Å². The molecule has 3 nitrogen and oxygen atoms in total. The predicted molar refractivity (Wildman–Crippen MR) is 75.1 cm³/mol. The molecular formula is C15H24N2O. The van der Waals surface area contributed by atoms with Gasteiger partial charge >= 0.3 is 0 Å². The van der Waals surface area contributed by atoms with Gasteiger partial charge in [-0.2, -0.15) is 0 Å². The standard InChI is InChI=1S/C15H24N2O/c1-4-16-9-11(2)17-10-13-5-6-15-14(8-13)7-12(3)18-15/h5-6,8,11-12,16-17H,4,7,9-10H2,1-3H3. The highest BCUT2D eigenvalue weighted by molar-refractivity contribution is 5.40. The van der Waals surface area contributed by atoms with Crippen molar-refractivity contribution in [1.82, 2.24) is 10.6 Å². The van der Waals surface area contributed by atoms with Gasteiger partial charge in [0.05, 0.1) is 0 Å². The smallest absolute Gasteiger partial charge is 0.123 e. The summed E-state index contributed by atoms with van der Waals surface area (Å²) < 4.78 is 5.71. The summed E-state index contributed by atoms with van der Waals surface area (Å²) in [7, 11) is 0. The molecule has 0 amide bonds. The van der Waals surface area contributed by atoms with Gasteiger partial charge in [0.2, 0.25) is 0 Å². The van der Waals surface area contributed by atoms with Crippen LogP contribution in [0.5, 0.6) is 5.75 Å². The Hall–Kier alpha value is -1.06. The Balaban J connectivity index is 1.85. The molecular weight excluding hydrogens is 224 g/mol. The van der Waals surface area contributed by atoms with E-state index in [2.05, 4.69) is 49.6 Å². The molecule has 2 atom stereocenters. The van der Waals surface area contributed by atoms with Crippen LogP contribution < -0.4 is 15.4 Å². The van der Waals surface area contributed by atoms with Crippen LogP contribution in [0.3, 0.4) is 0 Å². The summed E-state index contributed by atoms with van der Waals surface area (Å²) in [5.41, 5.74) is 2.69. The van der Waals surface area contributed by atoms with E-state index in [9.17, 15) is 0 Å². The first kappa shape index (κ1) is 13.4. The third-order valence-electron chi connectivity index (χ3n) is 3.32. The van der Waals surface area contributed by atoms with Crippen LogP contribution in [0, 0.1) is 0 Å². The zero-order valence-corrected chi connectivity index (χ0v) is 11.6. The van der Waals surface area contributed by atoms with Crippen LogP contribution >= 0.6 is 0 Å². The Morgan fingerprint density at radius 1 is 1.44 bits per heavy atom. The number of fused-ring (bicyclic) bond motifs is 1. The third kappa shape index (κ3) is 3.47. The molecule has 0 saturated carbocycles. The highest BCUT2D eigenvalue weighted by atomic mass is 16.5. The van der Waals surface area contributed by atoms with Crippen LogP contribution in [0.2, 0.25) is 0 Å². The van der Waals surface area contributed by atoms with Gasteiger partial charge in [-0.05, 0) is 37.6 Å². The molecule has 1 aliphatic rings. The molecule has 2 N–H and O–H groups in total.